The van der Waals surface area contributed by atoms with Gasteiger partial charge in [-0.15, -0.1) is 0 Å². The highest BCUT2D eigenvalue weighted by Gasteiger charge is 2.23. The number of aromatic amines is 1. The van der Waals surface area contributed by atoms with Gasteiger partial charge < -0.3 is 9.88 Å². The van der Waals surface area contributed by atoms with Crippen LogP contribution >= 0.6 is 0 Å². The average molecular weight is 286 g/mol. The second-order valence-electron chi connectivity index (χ2n) is 4.73. The van der Waals surface area contributed by atoms with Gasteiger partial charge in [0, 0.05) is 33.0 Å². The van der Waals surface area contributed by atoms with Crippen molar-refractivity contribution in [1.82, 2.24) is 19.2 Å². The first-order chi connectivity index (χ1) is 8.88. The highest BCUT2D eigenvalue weighted by molar-refractivity contribution is 7.88. The lowest BCUT2D eigenvalue weighted by molar-refractivity contribution is -0.132. The largest absolute Gasteiger partial charge is 0.347 e. The lowest BCUT2D eigenvalue weighted by Crippen LogP contribution is -2.38. The van der Waals surface area contributed by atoms with Gasteiger partial charge in [0.15, 0.2) is 0 Å². The summed E-state index contributed by atoms with van der Waals surface area (Å²) in [7, 11) is -1.74. The number of carbonyl (C=O) groups is 1. The number of amides is 1. The monoisotopic (exact) mass is 286 g/mol. The maximum atomic E-state index is 12.0. The Morgan fingerprint density at radius 1 is 1.58 bits per heavy atom. The van der Waals surface area contributed by atoms with E-state index in [0.29, 0.717) is 13.1 Å². The maximum absolute atomic E-state index is 12.0. The number of rotatable bonds is 4. The second-order valence-corrected chi connectivity index (χ2v) is 6.82. The molecule has 1 N–H and O–H groups in total. The molecule has 1 amide bonds. The minimum absolute atomic E-state index is 0.0317. The molecule has 2 heterocycles. The number of H-pyrrole nitrogens is 1. The van der Waals surface area contributed by atoms with E-state index in [9.17, 15) is 13.2 Å². The van der Waals surface area contributed by atoms with Crippen molar-refractivity contribution in [1.29, 1.82) is 0 Å². The van der Waals surface area contributed by atoms with Crippen molar-refractivity contribution in [3.05, 3.63) is 17.7 Å². The fourth-order valence-electron chi connectivity index (χ4n) is 2.00. The van der Waals surface area contributed by atoms with Gasteiger partial charge in [-0.2, -0.15) is 0 Å². The van der Waals surface area contributed by atoms with Crippen molar-refractivity contribution < 1.29 is 13.2 Å². The minimum atomic E-state index is -3.22. The number of sulfonamides is 1. The van der Waals surface area contributed by atoms with Crippen LogP contribution in [0.25, 0.3) is 0 Å². The van der Waals surface area contributed by atoms with E-state index in [1.807, 2.05) is 0 Å². The molecule has 0 fully saturated rings. The molecule has 1 aliphatic rings. The Balaban J connectivity index is 1.89. The molecule has 0 atom stereocenters. The van der Waals surface area contributed by atoms with E-state index in [-0.39, 0.29) is 18.9 Å². The van der Waals surface area contributed by atoms with Gasteiger partial charge in [0.2, 0.25) is 15.9 Å². The molecule has 1 aromatic rings. The molecule has 1 aliphatic heterocycles. The Hall–Kier alpha value is -1.41. The highest BCUT2D eigenvalue weighted by Crippen LogP contribution is 2.15. The van der Waals surface area contributed by atoms with Gasteiger partial charge >= 0.3 is 0 Å². The summed E-state index contributed by atoms with van der Waals surface area (Å²) in [5.74, 6) is -0.0317. The summed E-state index contributed by atoms with van der Waals surface area (Å²) in [6.45, 7) is 1.38. The molecular weight excluding hydrogens is 268 g/mol. The fraction of sp³-hybridized carbons (Fsp3) is 0.636. The molecule has 106 valence electrons. The molecule has 0 aromatic carbocycles. The van der Waals surface area contributed by atoms with Gasteiger partial charge in [0.1, 0.15) is 0 Å². The van der Waals surface area contributed by atoms with E-state index in [1.54, 1.807) is 11.2 Å². The Labute approximate surface area is 112 Å². The summed E-state index contributed by atoms with van der Waals surface area (Å²) in [5, 5.41) is 0. The predicted molar refractivity (Wildman–Crippen MR) is 69.8 cm³/mol. The van der Waals surface area contributed by atoms with Gasteiger partial charge in [-0.3, -0.25) is 4.79 Å². The maximum Gasteiger partial charge on any atom is 0.224 e. The number of fused-ring (bicyclic) bond motifs is 1. The lowest BCUT2D eigenvalue weighted by atomic mass is 10.1. The van der Waals surface area contributed by atoms with Gasteiger partial charge in [0.25, 0.3) is 0 Å². The molecule has 1 aromatic heterocycles. The molecule has 0 spiro atoms. The SMILES string of the molecule is CN(CCC(=O)N1CCc2nc[nH]c2C1)S(C)(=O)=O. The molecule has 19 heavy (non-hydrogen) atoms. The summed E-state index contributed by atoms with van der Waals surface area (Å²) in [6.07, 6.45) is 3.71. The third-order valence-electron chi connectivity index (χ3n) is 3.33. The van der Waals surface area contributed by atoms with Crippen molar-refractivity contribution in [2.24, 2.45) is 0 Å². The Morgan fingerprint density at radius 2 is 2.32 bits per heavy atom. The van der Waals surface area contributed by atoms with Crippen molar-refractivity contribution in [2.75, 3.05) is 26.4 Å². The third-order valence-corrected chi connectivity index (χ3v) is 4.65. The zero-order valence-electron chi connectivity index (χ0n) is 11.1. The van der Waals surface area contributed by atoms with Crippen LogP contribution in [0, 0.1) is 0 Å². The van der Waals surface area contributed by atoms with E-state index in [2.05, 4.69) is 9.97 Å². The topological polar surface area (TPSA) is 86.4 Å². The summed E-state index contributed by atoms with van der Waals surface area (Å²) in [6, 6.07) is 0. The predicted octanol–water partition coefficient (Wildman–Crippen LogP) is -0.424. The molecular formula is C11H18N4O3S. The number of hydrogen-bond donors (Lipinski definition) is 1. The fourth-order valence-corrected chi connectivity index (χ4v) is 2.43. The van der Waals surface area contributed by atoms with Gasteiger partial charge in [-0.25, -0.2) is 17.7 Å². The van der Waals surface area contributed by atoms with Crippen LogP contribution in [0.1, 0.15) is 17.8 Å². The zero-order valence-corrected chi connectivity index (χ0v) is 11.9. The van der Waals surface area contributed by atoms with E-state index in [1.165, 1.54) is 11.4 Å². The van der Waals surface area contributed by atoms with Crippen LogP contribution in [0.3, 0.4) is 0 Å². The van der Waals surface area contributed by atoms with Crippen LogP contribution in [0.15, 0.2) is 6.33 Å². The van der Waals surface area contributed by atoms with E-state index in [4.69, 9.17) is 0 Å². The van der Waals surface area contributed by atoms with E-state index < -0.39 is 10.0 Å². The Bertz CT molecular complexity index is 566. The zero-order chi connectivity index (χ0) is 14.0. The molecule has 0 aliphatic carbocycles. The van der Waals surface area contributed by atoms with Gasteiger partial charge in [-0.05, 0) is 0 Å². The van der Waals surface area contributed by atoms with Crippen LogP contribution in [0.2, 0.25) is 0 Å². The lowest BCUT2D eigenvalue weighted by Gasteiger charge is -2.27. The number of nitrogens with one attached hydrogen (secondary N) is 1. The number of carbonyl (C=O) groups excluding carboxylic acids is 1. The molecule has 0 unspecified atom stereocenters. The molecule has 8 heteroatoms. The van der Waals surface area contributed by atoms with Crippen LogP contribution in [-0.4, -0.2) is 59.9 Å². The molecule has 2 rings (SSSR count). The third kappa shape index (κ3) is 3.32. The summed E-state index contributed by atoms with van der Waals surface area (Å²) in [4.78, 5) is 21.0. The van der Waals surface area contributed by atoms with Crippen molar-refractivity contribution in [2.45, 2.75) is 19.4 Å². The van der Waals surface area contributed by atoms with Crippen LogP contribution < -0.4 is 0 Å². The molecule has 7 nitrogen and oxygen atoms in total. The molecule has 0 bridgehead atoms. The summed E-state index contributed by atoms with van der Waals surface area (Å²) >= 11 is 0. The Kier molecular flexibility index (Phi) is 3.91. The molecule has 0 saturated carbocycles. The first-order valence-electron chi connectivity index (χ1n) is 6.08. The number of aromatic nitrogens is 2. The van der Waals surface area contributed by atoms with Crippen LogP contribution in [0.4, 0.5) is 0 Å². The number of hydrogen-bond acceptors (Lipinski definition) is 4. The number of imidazole rings is 1. The Morgan fingerprint density at radius 3 is 3.00 bits per heavy atom. The van der Waals surface area contributed by atoms with Gasteiger partial charge in [0.05, 0.1) is 30.5 Å². The summed E-state index contributed by atoms with van der Waals surface area (Å²) < 4.78 is 23.7. The molecule has 0 saturated heterocycles. The first kappa shape index (κ1) is 14.0. The smallest absolute Gasteiger partial charge is 0.224 e. The summed E-state index contributed by atoms with van der Waals surface area (Å²) in [5.41, 5.74) is 1.98. The first-order valence-corrected chi connectivity index (χ1v) is 7.93. The quantitative estimate of drug-likeness (QED) is 0.814. The van der Waals surface area contributed by atoms with Crippen molar-refractivity contribution >= 4 is 15.9 Å². The van der Waals surface area contributed by atoms with E-state index in [0.717, 1.165) is 24.1 Å². The molecule has 0 radical (unpaired) electrons. The number of nitrogens with zero attached hydrogens (tertiary/aromatic N) is 3. The standard InChI is InChI=1S/C11H18N4O3S/c1-14(19(2,17)18)5-4-11(16)15-6-3-9-10(7-15)13-8-12-9/h8H,3-7H2,1-2H3,(H,12,13). The van der Waals surface area contributed by atoms with Crippen LogP contribution in [-0.2, 0) is 27.8 Å². The minimum Gasteiger partial charge on any atom is -0.347 e. The van der Waals surface area contributed by atoms with Crippen molar-refractivity contribution in [3.63, 3.8) is 0 Å². The second kappa shape index (κ2) is 5.30. The highest BCUT2D eigenvalue weighted by atomic mass is 32.2. The van der Waals surface area contributed by atoms with E-state index >= 15 is 0 Å². The van der Waals surface area contributed by atoms with Gasteiger partial charge in [-0.1, -0.05) is 0 Å². The van der Waals surface area contributed by atoms with Crippen LogP contribution in [0.5, 0.6) is 0 Å². The van der Waals surface area contributed by atoms with Crippen molar-refractivity contribution in [3.8, 4) is 0 Å². The normalized spacial score (nSPS) is 15.6. The average Bonchev–Trinajstić information content (AvgIpc) is 2.81.